The summed E-state index contributed by atoms with van der Waals surface area (Å²) in [5.74, 6) is -0.277. The summed E-state index contributed by atoms with van der Waals surface area (Å²) in [6, 6.07) is 6.19. The van der Waals surface area contributed by atoms with Crippen LogP contribution in [0.4, 0.5) is 4.39 Å². The quantitative estimate of drug-likeness (QED) is 0.588. The van der Waals surface area contributed by atoms with Crippen molar-refractivity contribution in [2.24, 2.45) is 0 Å². The van der Waals surface area contributed by atoms with Crippen molar-refractivity contribution in [3.8, 4) is 0 Å². The van der Waals surface area contributed by atoms with Crippen molar-refractivity contribution in [2.75, 3.05) is 0 Å². The van der Waals surface area contributed by atoms with Gasteiger partial charge in [-0.1, -0.05) is 32.9 Å². The van der Waals surface area contributed by atoms with E-state index in [1.807, 2.05) is 0 Å². The van der Waals surface area contributed by atoms with Crippen LogP contribution in [0.2, 0.25) is 18.1 Å². The Labute approximate surface area is 116 Å². The Morgan fingerprint density at radius 1 is 1.26 bits per heavy atom. The van der Waals surface area contributed by atoms with Crippen molar-refractivity contribution < 1.29 is 13.6 Å². The highest BCUT2D eigenvalue weighted by Crippen LogP contribution is 2.40. The fourth-order valence-electron chi connectivity index (χ4n) is 1.55. The molecule has 0 aliphatic carbocycles. The van der Waals surface area contributed by atoms with Crippen molar-refractivity contribution in [3.05, 3.63) is 35.6 Å². The maximum Gasteiger partial charge on any atom is 0.192 e. The zero-order valence-electron chi connectivity index (χ0n) is 12.4. The van der Waals surface area contributed by atoms with Gasteiger partial charge in [0.25, 0.3) is 0 Å². The van der Waals surface area contributed by atoms with Gasteiger partial charge in [0.2, 0.25) is 0 Å². The number of hydrogen-bond donors (Lipinski definition) is 0. The maximum atomic E-state index is 13.0. The summed E-state index contributed by atoms with van der Waals surface area (Å²) in [4.78, 5) is 10.9. The van der Waals surface area contributed by atoms with Crippen molar-refractivity contribution in [2.45, 2.75) is 51.4 Å². The van der Waals surface area contributed by atoms with Gasteiger partial charge in [-0.3, -0.25) is 0 Å². The summed E-state index contributed by atoms with van der Waals surface area (Å²) >= 11 is 0. The Kier molecular flexibility index (Phi) is 5.04. The largest absolute Gasteiger partial charge is 0.410 e. The van der Waals surface area contributed by atoms with Crippen LogP contribution in [0.25, 0.3) is 0 Å². The smallest absolute Gasteiger partial charge is 0.192 e. The second-order valence-corrected chi connectivity index (χ2v) is 11.1. The van der Waals surface area contributed by atoms with Gasteiger partial charge in [0, 0.05) is 6.42 Å². The highest BCUT2D eigenvalue weighted by molar-refractivity contribution is 6.74. The summed E-state index contributed by atoms with van der Waals surface area (Å²) in [5.41, 5.74) is 0.860. The highest BCUT2D eigenvalue weighted by Gasteiger charge is 2.39. The number of benzene rings is 1. The molecule has 0 aliphatic heterocycles. The van der Waals surface area contributed by atoms with Crippen LogP contribution in [-0.4, -0.2) is 14.6 Å². The summed E-state index contributed by atoms with van der Waals surface area (Å²) in [6.45, 7) is 10.8. The van der Waals surface area contributed by atoms with E-state index >= 15 is 0 Å². The molecule has 1 unspecified atom stereocenters. The average Bonchev–Trinajstić information content (AvgIpc) is 2.27. The molecule has 0 N–H and O–H groups in total. The second-order valence-electron chi connectivity index (χ2n) is 6.32. The van der Waals surface area contributed by atoms with Gasteiger partial charge in [-0.2, -0.15) is 0 Å². The molecule has 0 spiro atoms. The Hall–Kier alpha value is -1.00. The Morgan fingerprint density at radius 2 is 1.79 bits per heavy atom. The van der Waals surface area contributed by atoms with E-state index in [0.717, 1.165) is 11.8 Å². The average molecular weight is 282 g/mol. The van der Waals surface area contributed by atoms with Crippen LogP contribution in [-0.2, 0) is 9.22 Å². The lowest BCUT2D eigenvalue weighted by molar-refractivity contribution is -0.109. The van der Waals surface area contributed by atoms with Crippen LogP contribution in [0.15, 0.2) is 24.3 Å². The van der Waals surface area contributed by atoms with E-state index in [9.17, 15) is 9.18 Å². The molecule has 19 heavy (non-hydrogen) atoms. The summed E-state index contributed by atoms with van der Waals surface area (Å²) < 4.78 is 19.2. The zero-order valence-corrected chi connectivity index (χ0v) is 13.4. The normalized spacial score (nSPS) is 14.2. The van der Waals surface area contributed by atoms with Crippen LogP contribution in [0, 0.1) is 5.82 Å². The van der Waals surface area contributed by atoms with Gasteiger partial charge in [-0.05, 0) is 35.8 Å². The lowest BCUT2D eigenvalue weighted by Gasteiger charge is -2.39. The Balaban J connectivity index is 2.96. The number of aldehydes is 1. The highest BCUT2D eigenvalue weighted by atomic mass is 28.4. The molecule has 0 saturated carbocycles. The SMILES string of the molecule is CC(C)(C)[Si](C)(C)OC(CC=O)c1ccc(F)cc1. The molecule has 0 aliphatic rings. The number of hydrogen-bond acceptors (Lipinski definition) is 2. The number of carbonyl (C=O) groups is 1. The molecule has 106 valence electrons. The van der Waals surface area contributed by atoms with Crippen LogP contribution in [0.5, 0.6) is 0 Å². The van der Waals surface area contributed by atoms with Crippen LogP contribution >= 0.6 is 0 Å². The molecular weight excluding hydrogens is 259 g/mol. The number of halogens is 1. The molecule has 0 aromatic heterocycles. The number of rotatable bonds is 5. The van der Waals surface area contributed by atoms with Crippen molar-refractivity contribution in [1.29, 1.82) is 0 Å². The third-order valence-corrected chi connectivity index (χ3v) is 8.28. The molecule has 2 nitrogen and oxygen atoms in total. The first kappa shape index (κ1) is 16.1. The van der Waals surface area contributed by atoms with Gasteiger partial charge in [-0.15, -0.1) is 0 Å². The fraction of sp³-hybridized carbons (Fsp3) is 0.533. The van der Waals surface area contributed by atoms with E-state index in [0.29, 0.717) is 6.42 Å². The van der Waals surface area contributed by atoms with E-state index < -0.39 is 8.32 Å². The monoisotopic (exact) mass is 282 g/mol. The minimum absolute atomic E-state index is 0.0775. The molecule has 0 radical (unpaired) electrons. The Morgan fingerprint density at radius 3 is 2.21 bits per heavy atom. The molecule has 1 aromatic carbocycles. The van der Waals surface area contributed by atoms with E-state index in [-0.39, 0.29) is 17.0 Å². The molecule has 0 saturated heterocycles. The maximum absolute atomic E-state index is 13.0. The molecule has 1 aromatic rings. The first-order chi connectivity index (χ1) is 8.67. The molecule has 0 fully saturated rings. The lowest BCUT2D eigenvalue weighted by atomic mass is 10.1. The third-order valence-electron chi connectivity index (χ3n) is 3.80. The molecule has 4 heteroatoms. The summed E-state index contributed by atoms with van der Waals surface area (Å²) in [6.07, 6.45) is 0.887. The van der Waals surface area contributed by atoms with Gasteiger partial charge >= 0.3 is 0 Å². The Bertz CT molecular complexity index is 421. The van der Waals surface area contributed by atoms with Crippen molar-refractivity contribution >= 4 is 14.6 Å². The van der Waals surface area contributed by atoms with Gasteiger partial charge in [0.05, 0.1) is 6.10 Å². The van der Waals surface area contributed by atoms with Crippen LogP contribution in [0.3, 0.4) is 0 Å². The molecule has 0 bridgehead atoms. The van der Waals surface area contributed by atoms with Gasteiger partial charge in [0.15, 0.2) is 8.32 Å². The first-order valence-electron chi connectivity index (χ1n) is 6.54. The summed E-state index contributed by atoms with van der Waals surface area (Å²) in [5, 5.41) is 0.0775. The lowest BCUT2D eigenvalue weighted by Crippen LogP contribution is -2.41. The molecule has 1 rings (SSSR count). The topological polar surface area (TPSA) is 26.3 Å². The van der Waals surface area contributed by atoms with Crippen molar-refractivity contribution in [3.63, 3.8) is 0 Å². The van der Waals surface area contributed by atoms with Gasteiger partial charge in [0.1, 0.15) is 12.1 Å². The summed E-state index contributed by atoms with van der Waals surface area (Å²) in [7, 11) is -1.95. The molecular formula is C15H23FO2Si. The van der Waals surface area contributed by atoms with Crippen LogP contribution in [0.1, 0.15) is 38.9 Å². The zero-order chi connectivity index (χ0) is 14.7. The minimum atomic E-state index is -1.95. The van der Waals surface area contributed by atoms with E-state index in [4.69, 9.17) is 4.43 Å². The van der Waals surface area contributed by atoms with E-state index in [2.05, 4.69) is 33.9 Å². The number of carbonyl (C=O) groups excluding carboxylic acids is 1. The fourth-order valence-corrected chi connectivity index (χ4v) is 2.85. The molecule has 1 atom stereocenters. The standard InChI is InChI=1S/C15H23FO2Si/c1-15(2,3)19(4,5)18-14(10-11-17)12-6-8-13(16)9-7-12/h6-9,11,14H,10H2,1-5H3. The van der Waals surface area contributed by atoms with Crippen LogP contribution < -0.4 is 0 Å². The van der Waals surface area contributed by atoms with E-state index in [1.165, 1.54) is 12.1 Å². The second kappa shape index (κ2) is 5.97. The van der Waals surface area contributed by atoms with E-state index in [1.54, 1.807) is 12.1 Å². The van der Waals surface area contributed by atoms with Gasteiger partial charge in [-0.25, -0.2) is 4.39 Å². The predicted molar refractivity (Wildman–Crippen MR) is 78.1 cm³/mol. The minimum Gasteiger partial charge on any atom is -0.410 e. The first-order valence-corrected chi connectivity index (χ1v) is 9.45. The third kappa shape index (κ3) is 4.25. The van der Waals surface area contributed by atoms with Crippen molar-refractivity contribution in [1.82, 2.24) is 0 Å². The molecule has 0 heterocycles. The molecule has 0 amide bonds. The van der Waals surface area contributed by atoms with Gasteiger partial charge < -0.3 is 9.22 Å². The predicted octanol–water partition coefficient (Wildman–Crippen LogP) is 4.48.